The van der Waals surface area contributed by atoms with Crippen molar-refractivity contribution in [2.75, 3.05) is 6.61 Å². The van der Waals surface area contributed by atoms with E-state index in [1.54, 1.807) is 11.5 Å². The van der Waals surface area contributed by atoms with Crippen molar-refractivity contribution >= 4 is 33.4 Å². The molecule has 0 saturated carbocycles. The molecule has 0 atom stereocenters. The molecule has 0 bridgehead atoms. The summed E-state index contributed by atoms with van der Waals surface area (Å²) in [6, 6.07) is 9.34. The van der Waals surface area contributed by atoms with Crippen LogP contribution in [0, 0.1) is 19.7 Å². The quantitative estimate of drug-likeness (QED) is 0.642. The van der Waals surface area contributed by atoms with Crippen LogP contribution in [-0.2, 0) is 16.1 Å². The lowest BCUT2D eigenvalue weighted by molar-refractivity contribution is -0.143. The second-order valence-electron chi connectivity index (χ2n) is 6.11. The molecular weight excluding hydrogens is 367 g/mol. The molecule has 0 aliphatic heterocycles. The third-order valence-electron chi connectivity index (χ3n) is 4.16. The third-order valence-corrected chi connectivity index (χ3v) is 5.20. The van der Waals surface area contributed by atoms with Gasteiger partial charge in [-0.2, -0.15) is 4.99 Å². The van der Waals surface area contributed by atoms with Crippen molar-refractivity contribution in [3.8, 4) is 0 Å². The van der Waals surface area contributed by atoms with Crippen LogP contribution < -0.4 is 4.80 Å². The van der Waals surface area contributed by atoms with Gasteiger partial charge in [0.25, 0.3) is 5.91 Å². The Morgan fingerprint density at radius 3 is 2.63 bits per heavy atom. The number of nitrogens with zero attached hydrogens (tertiary/aromatic N) is 2. The molecule has 0 saturated heterocycles. The number of hydrogen-bond donors (Lipinski definition) is 0. The minimum Gasteiger partial charge on any atom is -0.465 e. The summed E-state index contributed by atoms with van der Waals surface area (Å²) in [7, 11) is 0. The summed E-state index contributed by atoms with van der Waals surface area (Å²) in [5, 5.41) is 0. The molecule has 27 heavy (non-hydrogen) atoms. The highest BCUT2D eigenvalue weighted by atomic mass is 32.1. The van der Waals surface area contributed by atoms with Crippen molar-refractivity contribution in [2.45, 2.75) is 27.3 Å². The lowest BCUT2D eigenvalue weighted by atomic mass is 10.1. The zero-order valence-corrected chi connectivity index (χ0v) is 16.1. The van der Waals surface area contributed by atoms with E-state index in [1.807, 2.05) is 26.0 Å². The van der Waals surface area contributed by atoms with Gasteiger partial charge in [-0.3, -0.25) is 9.59 Å². The summed E-state index contributed by atoms with van der Waals surface area (Å²) < 4.78 is 21.0. The van der Waals surface area contributed by atoms with Gasteiger partial charge in [0.1, 0.15) is 12.4 Å². The summed E-state index contributed by atoms with van der Waals surface area (Å²) in [4.78, 5) is 29.0. The molecule has 0 aliphatic carbocycles. The van der Waals surface area contributed by atoms with Crippen molar-refractivity contribution in [3.63, 3.8) is 0 Å². The Labute approximate surface area is 159 Å². The SMILES string of the molecule is CCOC(=O)Cn1c(=NC(=O)c2cccc(F)c2)sc2cc(C)c(C)cc21. The van der Waals surface area contributed by atoms with Crippen molar-refractivity contribution in [3.05, 3.63) is 63.7 Å². The zero-order chi connectivity index (χ0) is 19.6. The second kappa shape index (κ2) is 7.84. The van der Waals surface area contributed by atoms with Crippen LogP contribution in [0.15, 0.2) is 41.4 Å². The first-order valence-electron chi connectivity index (χ1n) is 8.50. The number of carbonyl (C=O) groups excluding carboxylic acids is 2. The summed E-state index contributed by atoms with van der Waals surface area (Å²) in [5.74, 6) is -1.47. The maximum absolute atomic E-state index is 13.4. The molecule has 1 heterocycles. The molecule has 2 aromatic carbocycles. The van der Waals surface area contributed by atoms with Gasteiger partial charge >= 0.3 is 5.97 Å². The van der Waals surface area contributed by atoms with Crippen LogP contribution in [0.2, 0.25) is 0 Å². The van der Waals surface area contributed by atoms with E-state index in [-0.39, 0.29) is 18.7 Å². The Kier molecular flexibility index (Phi) is 5.51. The number of aryl methyl sites for hydroxylation is 2. The first-order chi connectivity index (χ1) is 12.9. The van der Waals surface area contributed by atoms with Crippen molar-refractivity contribution < 1.29 is 18.7 Å². The number of ether oxygens (including phenoxy) is 1. The summed E-state index contributed by atoms with van der Waals surface area (Å²) >= 11 is 1.31. The number of hydrogen-bond acceptors (Lipinski definition) is 4. The van der Waals surface area contributed by atoms with Crippen LogP contribution in [0.3, 0.4) is 0 Å². The summed E-state index contributed by atoms with van der Waals surface area (Å²) in [5.41, 5.74) is 3.14. The number of benzene rings is 2. The van der Waals surface area contributed by atoms with Crippen molar-refractivity contribution in [2.24, 2.45) is 4.99 Å². The molecular formula is C20H19FN2O3S. The molecule has 1 aromatic heterocycles. The first kappa shape index (κ1) is 19.0. The number of aromatic nitrogens is 1. The van der Waals surface area contributed by atoms with Crippen LogP contribution in [0.25, 0.3) is 10.2 Å². The van der Waals surface area contributed by atoms with E-state index in [1.165, 1.54) is 29.5 Å². The Morgan fingerprint density at radius 1 is 1.19 bits per heavy atom. The number of carbonyl (C=O) groups is 2. The van der Waals surface area contributed by atoms with Gasteiger partial charge in [-0.1, -0.05) is 17.4 Å². The lowest BCUT2D eigenvalue weighted by Gasteiger charge is -2.06. The average Bonchev–Trinajstić information content (AvgIpc) is 2.92. The van der Waals surface area contributed by atoms with E-state index >= 15 is 0 Å². The maximum Gasteiger partial charge on any atom is 0.326 e. The lowest BCUT2D eigenvalue weighted by Crippen LogP contribution is -2.23. The molecule has 0 fully saturated rings. The summed E-state index contributed by atoms with van der Waals surface area (Å²) in [6.07, 6.45) is 0. The molecule has 5 nitrogen and oxygen atoms in total. The molecule has 3 aromatic rings. The normalized spacial score (nSPS) is 11.8. The Hall–Kier alpha value is -2.80. The number of amides is 1. The molecule has 0 spiro atoms. The highest BCUT2D eigenvalue weighted by Gasteiger charge is 2.14. The minimum atomic E-state index is -0.563. The Balaban J connectivity index is 2.15. The molecule has 7 heteroatoms. The van der Waals surface area contributed by atoms with Crippen LogP contribution in [0.4, 0.5) is 4.39 Å². The highest BCUT2D eigenvalue weighted by molar-refractivity contribution is 7.16. The fraction of sp³-hybridized carbons (Fsp3) is 0.250. The van der Waals surface area contributed by atoms with E-state index in [0.717, 1.165) is 27.4 Å². The van der Waals surface area contributed by atoms with Crippen LogP contribution in [0.1, 0.15) is 28.4 Å². The largest absolute Gasteiger partial charge is 0.465 e. The number of thiazole rings is 1. The van der Waals surface area contributed by atoms with E-state index in [2.05, 4.69) is 4.99 Å². The number of halogens is 1. The van der Waals surface area contributed by atoms with Gasteiger partial charge < -0.3 is 9.30 Å². The first-order valence-corrected chi connectivity index (χ1v) is 9.31. The topological polar surface area (TPSA) is 60.7 Å². The van der Waals surface area contributed by atoms with Gasteiger partial charge in [0.05, 0.1) is 16.8 Å². The van der Waals surface area contributed by atoms with Gasteiger partial charge in [0.15, 0.2) is 4.80 Å². The molecule has 0 aliphatic rings. The standard InChI is InChI=1S/C20H19FN2O3S/c1-4-26-18(24)11-23-16-8-12(2)13(3)9-17(16)27-20(23)22-19(25)14-6-5-7-15(21)10-14/h5-10H,4,11H2,1-3H3. The average molecular weight is 386 g/mol. The van der Waals surface area contributed by atoms with E-state index in [9.17, 15) is 14.0 Å². The monoisotopic (exact) mass is 386 g/mol. The maximum atomic E-state index is 13.4. The molecule has 0 radical (unpaired) electrons. The van der Waals surface area contributed by atoms with Gasteiger partial charge in [-0.05, 0) is 62.2 Å². The van der Waals surface area contributed by atoms with E-state index in [0.29, 0.717) is 4.80 Å². The Morgan fingerprint density at radius 2 is 1.93 bits per heavy atom. The van der Waals surface area contributed by atoms with Crippen LogP contribution >= 0.6 is 11.3 Å². The van der Waals surface area contributed by atoms with Gasteiger partial charge in [0.2, 0.25) is 0 Å². The molecule has 0 unspecified atom stereocenters. The number of rotatable bonds is 4. The van der Waals surface area contributed by atoms with Crippen LogP contribution in [-0.4, -0.2) is 23.1 Å². The zero-order valence-electron chi connectivity index (χ0n) is 15.3. The predicted octanol–water partition coefficient (Wildman–Crippen LogP) is 3.76. The smallest absolute Gasteiger partial charge is 0.326 e. The fourth-order valence-electron chi connectivity index (χ4n) is 2.67. The van der Waals surface area contributed by atoms with Gasteiger partial charge in [0, 0.05) is 5.56 Å². The number of fused-ring (bicyclic) bond motifs is 1. The third kappa shape index (κ3) is 4.14. The van der Waals surface area contributed by atoms with Crippen molar-refractivity contribution in [1.82, 2.24) is 4.57 Å². The Bertz CT molecular complexity index is 1100. The van der Waals surface area contributed by atoms with E-state index < -0.39 is 17.7 Å². The molecule has 0 N–H and O–H groups in total. The molecule has 1 amide bonds. The molecule has 140 valence electrons. The predicted molar refractivity (Wildman–Crippen MR) is 102 cm³/mol. The summed E-state index contributed by atoms with van der Waals surface area (Å²) in [6.45, 7) is 5.94. The van der Waals surface area contributed by atoms with E-state index in [4.69, 9.17) is 4.74 Å². The molecule has 3 rings (SSSR count). The number of esters is 1. The van der Waals surface area contributed by atoms with Crippen LogP contribution in [0.5, 0.6) is 0 Å². The van der Waals surface area contributed by atoms with Crippen molar-refractivity contribution in [1.29, 1.82) is 0 Å². The van der Waals surface area contributed by atoms with Gasteiger partial charge in [-0.25, -0.2) is 4.39 Å². The van der Waals surface area contributed by atoms with Gasteiger partial charge in [-0.15, -0.1) is 0 Å². The highest BCUT2D eigenvalue weighted by Crippen LogP contribution is 2.22. The fourth-order valence-corrected chi connectivity index (χ4v) is 3.78. The second-order valence-corrected chi connectivity index (χ2v) is 7.12. The minimum absolute atomic E-state index is 0.0500.